The minimum absolute atomic E-state index is 0.0939. The molecule has 2 fully saturated rings. The van der Waals surface area contributed by atoms with Crippen LogP contribution in [0.25, 0.3) is 0 Å². The minimum atomic E-state index is -1.22. The first-order chi connectivity index (χ1) is 14.4. The van der Waals surface area contributed by atoms with Gasteiger partial charge >= 0.3 is 5.97 Å². The zero-order valence-corrected chi connectivity index (χ0v) is 17.3. The molecule has 160 valence electrons. The van der Waals surface area contributed by atoms with E-state index in [1.54, 1.807) is 6.07 Å². The SMILES string of the molecule is O=C(O)c1cc(C2CC2)c(CN2CCC(OCc3ccc(F)cc3Cl)CC2)cc1F. The predicted molar refractivity (Wildman–Crippen MR) is 110 cm³/mol. The van der Waals surface area contributed by atoms with Crippen LogP contribution in [0.3, 0.4) is 0 Å². The van der Waals surface area contributed by atoms with E-state index >= 15 is 0 Å². The number of halogens is 3. The molecule has 0 spiro atoms. The number of aromatic carboxylic acids is 1. The Morgan fingerprint density at radius 1 is 1.10 bits per heavy atom. The van der Waals surface area contributed by atoms with Crippen LogP contribution in [0.15, 0.2) is 30.3 Å². The quantitative estimate of drug-likeness (QED) is 0.634. The lowest BCUT2D eigenvalue weighted by Gasteiger charge is -2.32. The lowest BCUT2D eigenvalue weighted by molar-refractivity contribution is -0.00398. The number of carboxylic acid groups (broad SMARTS) is 1. The molecular weight excluding hydrogens is 412 g/mol. The Morgan fingerprint density at radius 3 is 2.47 bits per heavy atom. The van der Waals surface area contributed by atoms with Crippen molar-refractivity contribution in [3.8, 4) is 0 Å². The first-order valence-electron chi connectivity index (χ1n) is 10.2. The van der Waals surface area contributed by atoms with Crippen LogP contribution in [0.2, 0.25) is 5.02 Å². The van der Waals surface area contributed by atoms with Gasteiger partial charge in [-0.1, -0.05) is 17.7 Å². The molecule has 4 rings (SSSR count). The van der Waals surface area contributed by atoms with Crippen molar-refractivity contribution in [1.82, 2.24) is 4.90 Å². The number of rotatable bonds is 7. The Morgan fingerprint density at radius 2 is 1.83 bits per heavy atom. The summed E-state index contributed by atoms with van der Waals surface area (Å²) in [5, 5.41) is 9.57. The van der Waals surface area contributed by atoms with Crippen molar-refractivity contribution in [1.29, 1.82) is 0 Å². The van der Waals surface area contributed by atoms with Crippen molar-refractivity contribution in [3.63, 3.8) is 0 Å². The van der Waals surface area contributed by atoms with Gasteiger partial charge in [-0.05, 0) is 72.6 Å². The molecule has 0 aromatic heterocycles. The Labute approximate surface area is 179 Å². The molecule has 1 saturated carbocycles. The summed E-state index contributed by atoms with van der Waals surface area (Å²) >= 11 is 6.05. The maximum Gasteiger partial charge on any atom is 0.338 e. The summed E-state index contributed by atoms with van der Waals surface area (Å²) in [6.45, 7) is 2.58. The number of carbonyl (C=O) groups is 1. The van der Waals surface area contributed by atoms with Gasteiger partial charge in [-0.15, -0.1) is 0 Å². The Kier molecular flexibility index (Phi) is 6.37. The molecule has 1 aliphatic carbocycles. The zero-order valence-electron chi connectivity index (χ0n) is 16.5. The second kappa shape index (κ2) is 9.00. The molecular formula is C23H24ClF2NO3. The normalized spacial score (nSPS) is 18.0. The van der Waals surface area contributed by atoms with Gasteiger partial charge in [0.05, 0.1) is 18.3 Å². The average molecular weight is 436 g/mol. The first kappa shape index (κ1) is 21.2. The fraction of sp³-hybridized carbons (Fsp3) is 0.435. The van der Waals surface area contributed by atoms with Gasteiger partial charge in [0, 0.05) is 24.7 Å². The highest BCUT2D eigenvalue weighted by Gasteiger charge is 2.29. The number of hydrogen-bond acceptors (Lipinski definition) is 3. The lowest BCUT2D eigenvalue weighted by Crippen LogP contribution is -2.36. The molecule has 0 radical (unpaired) electrons. The van der Waals surface area contributed by atoms with Crippen LogP contribution in [0.1, 0.15) is 58.6 Å². The zero-order chi connectivity index (χ0) is 21.3. The maximum atomic E-state index is 14.2. The first-order valence-corrected chi connectivity index (χ1v) is 10.6. The van der Waals surface area contributed by atoms with E-state index in [0.717, 1.165) is 55.5 Å². The number of benzene rings is 2. The molecule has 1 aliphatic heterocycles. The van der Waals surface area contributed by atoms with Gasteiger partial charge in [0.1, 0.15) is 11.6 Å². The van der Waals surface area contributed by atoms with Crippen LogP contribution in [0.5, 0.6) is 0 Å². The lowest BCUT2D eigenvalue weighted by atomic mass is 9.98. The topological polar surface area (TPSA) is 49.8 Å². The van der Waals surface area contributed by atoms with Gasteiger partial charge < -0.3 is 9.84 Å². The summed E-state index contributed by atoms with van der Waals surface area (Å²) in [5.41, 5.74) is 2.38. The highest BCUT2D eigenvalue weighted by Crippen LogP contribution is 2.43. The van der Waals surface area contributed by atoms with Crippen molar-refractivity contribution >= 4 is 17.6 Å². The molecule has 30 heavy (non-hydrogen) atoms. The molecule has 7 heteroatoms. The minimum Gasteiger partial charge on any atom is -0.478 e. The second-order valence-corrected chi connectivity index (χ2v) is 8.54. The van der Waals surface area contributed by atoms with E-state index in [9.17, 15) is 18.7 Å². The monoisotopic (exact) mass is 435 g/mol. The van der Waals surface area contributed by atoms with Gasteiger partial charge in [-0.25, -0.2) is 13.6 Å². The van der Waals surface area contributed by atoms with Crippen LogP contribution in [0, 0.1) is 11.6 Å². The molecule has 1 heterocycles. The van der Waals surface area contributed by atoms with E-state index in [4.69, 9.17) is 16.3 Å². The van der Waals surface area contributed by atoms with Crippen LogP contribution < -0.4 is 0 Å². The Bertz CT molecular complexity index is 940. The van der Waals surface area contributed by atoms with Crippen molar-refractivity contribution in [2.75, 3.05) is 13.1 Å². The summed E-state index contributed by atoms with van der Waals surface area (Å²) in [5.74, 6) is -1.91. The summed E-state index contributed by atoms with van der Waals surface area (Å²) < 4.78 is 33.4. The number of likely N-dealkylation sites (tertiary alicyclic amines) is 1. The van der Waals surface area contributed by atoms with Gasteiger partial charge in [-0.3, -0.25) is 4.90 Å². The van der Waals surface area contributed by atoms with Crippen LogP contribution in [-0.4, -0.2) is 35.2 Å². The van der Waals surface area contributed by atoms with Crippen molar-refractivity contribution in [2.24, 2.45) is 0 Å². The summed E-state index contributed by atoms with van der Waals surface area (Å²) in [6, 6.07) is 7.22. The van der Waals surface area contributed by atoms with Gasteiger partial charge in [0.2, 0.25) is 0 Å². The number of hydrogen-bond donors (Lipinski definition) is 1. The fourth-order valence-electron chi connectivity index (χ4n) is 4.03. The molecule has 1 saturated heterocycles. The highest BCUT2D eigenvalue weighted by molar-refractivity contribution is 6.31. The van der Waals surface area contributed by atoms with E-state index in [1.807, 2.05) is 0 Å². The van der Waals surface area contributed by atoms with Gasteiger partial charge in [0.25, 0.3) is 0 Å². The molecule has 0 atom stereocenters. The Hall–Kier alpha value is -2.02. The predicted octanol–water partition coefficient (Wildman–Crippen LogP) is 5.38. The molecule has 2 aromatic rings. The average Bonchev–Trinajstić information content (AvgIpc) is 3.53. The van der Waals surface area contributed by atoms with E-state index in [1.165, 1.54) is 24.3 Å². The van der Waals surface area contributed by atoms with Crippen molar-refractivity contribution in [3.05, 3.63) is 69.2 Å². The molecule has 4 nitrogen and oxygen atoms in total. The number of piperidine rings is 1. The van der Waals surface area contributed by atoms with Gasteiger partial charge in [0.15, 0.2) is 0 Å². The van der Waals surface area contributed by atoms with Gasteiger partial charge in [-0.2, -0.15) is 0 Å². The highest BCUT2D eigenvalue weighted by atomic mass is 35.5. The molecule has 2 aromatic carbocycles. The smallest absolute Gasteiger partial charge is 0.338 e. The number of carboxylic acids is 1. The maximum absolute atomic E-state index is 14.2. The van der Waals surface area contributed by atoms with E-state index in [-0.39, 0.29) is 17.5 Å². The molecule has 0 bridgehead atoms. The number of ether oxygens (including phenoxy) is 1. The molecule has 0 unspecified atom stereocenters. The number of nitrogens with zero attached hydrogens (tertiary/aromatic N) is 1. The van der Waals surface area contributed by atoms with Crippen LogP contribution in [-0.2, 0) is 17.9 Å². The standard InChI is InChI=1S/C23H24ClF2NO3/c24-21-10-17(25)4-3-15(21)13-30-18-5-7-27(8-6-18)12-16-9-22(26)20(23(28)29)11-19(16)14-1-2-14/h3-4,9-11,14,18H,1-2,5-8,12-13H2,(H,28,29). The molecule has 2 aliphatic rings. The third kappa shape index (κ3) is 4.99. The fourth-order valence-corrected chi connectivity index (χ4v) is 4.25. The molecule has 0 amide bonds. The largest absolute Gasteiger partial charge is 0.478 e. The second-order valence-electron chi connectivity index (χ2n) is 8.13. The summed E-state index contributed by atoms with van der Waals surface area (Å²) in [4.78, 5) is 13.5. The van der Waals surface area contributed by atoms with Crippen LogP contribution >= 0.6 is 11.6 Å². The Balaban J connectivity index is 1.34. The van der Waals surface area contributed by atoms with E-state index in [0.29, 0.717) is 24.1 Å². The molecule has 1 N–H and O–H groups in total. The van der Waals surface area contributed by atoms with Crippen molar-refractivity contribution in [2.45, 2.75) is 50.9 Å². The third-order valence-corrected chi connectivity index (χ3v) is 6.25. The van der Waals surface area contributed by atoms with Crippen molar-refractivity contribution < 1.29 is 23.4 Å². The third-order valence-electron chi connectivity index (χ3n) is 5.89. The van der Waals surface area contributed by atoms with Crippen LogP contribution in [0.4, 0.5) is 8.78 Å². The summed E-state index contributed by atoms with van der Waals surface area (Å²) in [7, 11) is 0. The van der Waals surface area contributed by atoms with E-state index < -0.39 is 11.8 Å². The van der Waals surface area contributed by atoms with E-state index in [2.05, 4.69) is 4.90 Å². The summed E-state index contributed by atoms with van der Waals surface area (Å²) in [6.07, 6.45) is 3.83.